The van der Waals surface area contributed by atoms with Crippen molar-refractivity contribution in [2.24, 2.45) is 0 Å². The molecule has 2 nitrogen and oxygen atoms in total. The Morgan fingerprint density at radius 3 is 2.22 bits per heavy atom. The summed E-state index contributed by atoms with van der Waals surface area (Å²) in [6, 6.07) is 0.649. The molecule has 0 amide bonds. The van der Waals surface area contributed by atoms with Crippen LogP contribution in [0.2, 0.25) is 19.6 Å². The van der Waals surface area contributed by atoms with Crippen LogP contribution >= 0.6 is 0 Å². The van der Waals surface area contributed by atoms with Crippen molar-refractivity contribution >= 4 is 19.1 Å². The van der Waals surface area contributed by atoms with Gasteiger partial charge in [0.1, 0.15) is 19.1 Å². The predicted molar refractivity (Wildman–Crippen MR) is 83.3 cm³/mol. The minimum Gasteiger partial charge on any atom is -0.242 e. The minimum absolute atomic E-state index is 0.179. The molecule has 18 heavy (non-hydrogen) atoms. The fourth-order valence-electron chi connectivity index (χ4n) is 1.83. The molecule has 1 aliphatic heterocycles. The molecule has 0 spiro atoms. The van der Waals surface area contributed by atoms with Crippen LogP contribution < -0.4 is 0 Å². The van der Waals surface area contributed by atoms with E-state index in [1.165, 1.54) is 0 Å². The highest BCUT2D eigenvalue weighted by Crippen LogP contribution is 2.37. The lowest BCUT2D eigenvalue weighted by molar-refractivity contribution is 0.592. The highest BCUT2D eigenvalue weighted by molar-refractivity contribution is 7.84. The highest BCUT2D eigenvalue weighted by Gasteiger charge is 2.52. The molecule has 1 rings (SSSR count). The van der Waals surface area contributed by atoms with E-state index in [4.69, 9.17) is 0 Å². The van der Waals surface area contributed by atoms with Crippen LogP contribution in [0.5, 0.6) is 0 Å². The van der Waals surface area contributed by atoms with Crippen LogP contribution in [0, 0.1) is 11.5 Å². The van der Waals surface area contributed by atoms with Crippen LogP contribution in [0.15, 0.2) is 0 Å². The Balaban J connectivity index is 2.79. The Labute approximate surface area is 116 Å². The van der Waals surface area contributed by atoms with E-state index >= 15 is 0 Å². The molecular formula is C14H27NOSSi. The van der Waals surface area contributed by atoms with Gasteiger partial charge in [-0.25, -0.2) is 8.51 Å². The molecular weight excluding hydrogens is 258 g/mol. The highest BCUT2D eigenvalue weighted by atomic mass is 32.2. The third-order valence-corrected chi connectivity index (χ3v) is 5.59. The van der Waals surface area contributed by atoms with Crippen molar-refractivity contribution in [3.8, 4) is 11.5 Å². The van der Waals surface area contributed by atoms with Gasteiger partial charge < -0.3 is 0 Å². The molecule has 0 aliphatic carbocycles. The summed E-state index contributed by atoms with van der Waals surface area (Å²) in [6.07, 6.45) is 2.24. The fraction of sp³-hybridized carbons (Fsp3) is 0.857. The van der Waals surface area contributed by atoms with Gasteiger partial charge in [-0.1, -0.05) is 38.9 Å². The first kappa shape index (κ1) is 15.9. The van der Waals surface area contributed by atoms with Gasteiger partial charge in [0.05, 0.1) is 16.8 Å². The smallest absolute Gasteiger partial charge is 0.129 e. The quantitative estimate of drug-likeness (QED) is 0.443. The first-order valence-corrected chi connectivity index (χ1v) is 11.4. The van der Waals surface area contributed by atoms with Crippen molar-refractivity contribution in [3.63, 3.8) is 0 Å². The van der Waals surface area contributed by atoms with E-state index < -0.39 is 19.1 Å². The van der Waals surface area contributed by atoms with E-state index in [0.29, 0.717) is 6.04 Å². The second-order valence-electron chi connectivity index (χ2n) is 7.04. The third kappa shape index (κ3) is 4.22. The predicted octanol–water partition coefficient (Wildman–Crippen LogP) is 3.18. The molecule has 1 unspecified atom stereocenters. The topological polar surface area (TPSA) is 20.1 Å². The minimum atomic E-state index is -1.33. The van der Waals surface area contributed by atoms with Crippen LogP contribution in [-0.4, -0.2) is 33.4 Å². The molecule has 0 bridgehead atoms. The van der Waals surface area contributed by atoms with Gasteiger partial charge in [0, 0.05) is 0 Å². The summed E-state index contributed by atoms with van der Waals surface area (Å²) in [7, 11) is -2.25. The molecule has 1 heterocycles. The summed E-state index contributed by atoms with van der Waals surface area (Å²) in [6.45, 7) is 15.0. The summed E-state index contributed by atoms with van der Waals surface area (Å²) in [4.78, 5) is 0. The maximum absolute atomic E-state index is 12.4. The second kappa shape index (κ2) is 5.48. The molecule has 1 saturated heterocycles. The van der Waals surface area contributed by atoms with E-state index in [9.17, 15) is 4.21 Å². The third-order valence-electron chi connectivity index (χ3n) is 2.77. The fourth-order valence-corrected chi connectivity index (χ4v) is 3.86. The first-order valence-electron chi connectivity index (χ1n) is 6.81. The second-order valence-corrected chi connectivity index (χ2v) is 13.9. The molecule has 104 valence electrons. The van der Waals surface area contributed by atoms with Gasteiger partial charge in [0.25, 0.3) is 0 Å². The van der Waals surface area contributed by atoms with E-state index in [0.717, 1.165) is 12.8 Å². The Morgan fingerprint density at radius 2 is 1.83 bits per heavy atom. The van der Waals surface area contributed by atoms with Crippen LogP contribution in [0.1, 0.15) is 40.5 Å². The number of rotatable bonds is 3. The Kier molecular flexibility index (Phi) is 4.85. The monoisotopic (exact) mass is 285 g/mol. The van der Waals surface area contributed by atoms with Crippen molar-refractivity contribution in [3.05, 3.63) is 0 Å². The molecule has 0 aromatic rings. The van der Waals surface area contributed by atoms with Gasteiger partial charge in [-0.3, -0.25) is 0 Å². The maximum atomic E-state index is 12.4. The van der Waals surface area contributed by atoms with Crippen LogP contribution in [-0.2, 0) is 11.0 Å². The molecule has 0 aromatic heterocycles. The number of nitrogens with zero attached hydrogens (tertiary/aromatic N) is 1. The van der Waals surface area contributed by atoms with Crippen LogP contribution in [0.3, 0.4) is 0 Å². The average molecular weight is 286 g/mol. The summed E-state index contributed by atoms with van der Waals surface area (Å²) >= 11 is 0. The Morgan fingerprint density at radius 1 is 1.28 bits per heavy atom. The molecule has 4 atom stereocenters. The van der Waals surface area contributed by atoms with E-state index in [-0.39, 0.29) is 10.8 Å². The lowest BCUT2D eigenvalue weighted by Gasteiger charge is -2.18. The van der Waals surface area contributed by atoms with Crippen molar-refractivity contribution in [1.82, 2.24) is 4.31 Å². The number of hydrogen-bond donors (Lipinski definition) is 0. The molecule has 1 fully saturated rings. The van der Waals surface area contributed by atoms with Crippen LogP contribution in [0.4, 0.5) is 0 Å². The molecule has 1 aliphatic rings. The van der Waals surface area contributed by atoms with Crippen LogP contribution in [0.25, 0.3) is 0 Å². The van der Waals surface area contributed by atoms with E-state index in [2.05, 4.69) is 42.3 Å². The van der Waals surface area contributed by atoms with Gasteiger partial charge in [-0.05, 0) is 27.2 Å². The maximum Gasteiger partial charge on any atom is 0.129 e. The Bertz CT molecular complexity index is 383. The van der Waals surface area contributed by atoms with Crippen molar-refractivity contribution in [1.29, 1.82) is 0 Å². The van der Waals surface area contributed by atoms with Gasteiger partial charge in [0.2, 0.25) is 0 Å². The van der Waals surface area contributed by atoms with Gasteiger partial charge >= 0.3 is 0 Å². The average Bonchev–Trinajstić information content (AvgIpc) is 2.85. The largest absolute Gasteiger partial charge is 0.242 e. The van der Waals surface area contributed by atoms with Gasteiger partial charge in [-0.15, -0.1) is 5.54 Å². The molecule has 0 saturated carbocycles. The Hall–Kier alpha value is -0.113. The zero-order valence-corrected chi connectivity index (χ0v) is 14.6. The van der Waals surface area contributed by atoms with E-state index in [1.54, 1.807) is 0 Å². The molecule has 4 heteroatoms. The molecule has 0 N–H and O–H groups in total. The number of hydrogen-bond acceptors (Lipinski definition) is 1. The standard InChI is InChI=1S/C14H27NOSSi/c1-8-9-12-13(10-11-18(5,6)7)15(12)17(16)14(2,3)4/h12-13H,8-9H2,1-7H3/t12-,13+,15?,17+/m0/s1. The lowest BCUT2D eigenvalue weighted by atomic mass is 10.2. The zero-order valence-electron chi connectivity index (χ0n) is 12.8. The normalized spacial score (nSPS) is 29.4. The molecule has 0 aromatic carbocycles. The summed E-state index contributed by atoms with van der Waals surface area (Å²) in [5.41, 5.74) is 3.42. The van der Waals surface area contributed by atoms with Gasteiger partial charge in [0.15, 0.2) is 0 Å². The summed E-state index contributed by atoms with van der Waals surface area (Å²) in [5.74, 6) is 3.38. The van der Waals surface area contributed by atoms with Gasteiger partial charge in [-0.2, -0.15) is 0 Å². The first-order chi connectivity index (χ1) is 8.08. The molecule has 0 radical (unpaired) electrons. The van der Waals surface area contributed by atoms with Crippen molar-refractivity contribution < 1.29 is 4.21 Å². The SMILES string of the molecule is CCC[C@H]1[C@@H](C#C[Si](C)(C)C)N1[S@](=O)C(C)(C)C. The van der Waals surface area contributed by atoms with Crippen molar-refractivity contribution in [2.45, 2.75) is 77.0 Å². The van der Waals surface area contributed by atoms with Crippen molar-refractivity contribution in [2.75, 3.05) is 0 Å². The summed E-state index contributed by atoms with van der Waals surface area (Å²) in [5, 5.41) is 0. The zero-order chi connectivity index (χ0) is 14.1. The summed E-state index contributed by atoms with van der Waals surface area (Å²) < 4.78 is 14.4. The van der Waals surface area contributed by atoms with E-state index in [1.807, 2.05) is 20.8 Å². The lowest BCUT2D eigenvalue weighted by Crippen LogP contribution is -2.28.